The topological polar surface area (TPSA) is 74.8 Å². The van der Waals surface area contributed by atoms with Crippen molar-refractivity contribution in [1.82, 2.24) is 5.32 Å². The van der Waals surface area contributed by atoms with Gasteiger partial charge in [-0.05, 0) is 37.1 Å². The van der Waals surface area contributed by atoms with E-state index in [0.29, 0.717) is 5.56 Å². The van der Waals surface area contributed by atoms with Crippen molar-refractivity contribution in [3.8, 4) is 0 Å². The Kier molecular flexibility index (Phi) is 7.43. The van der Waals surface area contributed by atoms with Gasteiger partial charge in [-0.2, -0.15) is 0 Å². The van der Waals surface area contributed by atoms with Gasteiger partial charge >= 0.3 is 0 Å². The summed E-state index contributed by atoms with van der Waals surface area (Å²) in [5, 5.41) is 6.93. The Morgan fingerprint density at radius 3 is 2.56 bits per heavy atom. The molecule has 0 aliphatic carbocycles. The van der Waals surface area contributed by atoms with E-state index in [4.69, 9.17) is 0 Å². The van der Waals surface area contributed by atoms with Gasteiger partial charge < -0.3 is 16.0 Å². The summed E-state index contributed by atoms with van der Waals surface area (Å²) in [6, 6.07) is 10.5. The van der Waals surface area contributed by atoms with E-state index >= 15 is 0 Å². The van der Waals surface area contributed by atoms with Crippen LogP contribution in [-0.4, -0.2) is 24.9 Å². The van der Waals surface area contributed by atoms with E-state index < -0.39 is 11.6 Å². The Labute approximate surface area is 157 Å². The fraction of sp³-hybridized carbons (Fsp3) is 0.300. The number of para-hydroxylation sites is 1. The second kappa shape index (κ2) is 9.78. The molecule has 144 valence electrons. The Balaban J connectivity index is 1.78. The summed E-state index contributed by atoms with van der Waals surface area (Å²) in [4.78, 5) is 23.9. The van der Waals surface area contributed by atoms with Crippen LogP contribution in [0, 0.1) is 11.6 Å². The predicted molar refractivity (Wildman–Crippen MR) is 99.0 cm³/mol. The number of benzene rings is 2. The van der Waals surface area contributed by atoms with Crippen LogP contribution in [0.15, 0.2) is 42.5 Å². The molecule has 0 unspecified atom stereocenters. The van der Waals surface area contributed by atoms with Crippen molar-refractivity contribution in [3.05, 3.63) is 65.2 Å². The van der Waals surface area contributed by atoms with Gasteiger partial charge in [-0.1, -0.05) is 25.1 Å². The third-order valence-electron chi connectivity index (χ3n) is 4.23. The molecule has 0 spiro atoms. The SMILES string of the molecule is CCc1ccccc1NC(=O)CNC(=O)C[NH2+][C@H](C)c1ccc(F)cc1F. The minimum absolute atomic E-state index is 0.0246. The maximum atomic E-state index is 13.7. The van der Waals surface area contributed by atoms with Crippen molar-refractivity contribution >= 4 is 17.5 Å². The van der Waals surface area contributed by atoms with E-state index in [1.807, 2.05) is 31.2 Å². The van der Waals surface area contributed by atoms with E-state index in [0.717, 1.165) is 23.7 Å². The Morgan fingerprint density at radius 1 is 1.11 bits per heavy atom. The van der Waals surface area contributed by atoms with Crippen LogP contribution in [-0.2, 0) is 16.0 Å². The van der Waals surface area contributed by atoms with Crippen LogP contribution in [0.5, 0.6) is 0 Å². The molecule has 2 amide bonds. The average molecular weight is 376 g/mol. The van der Waals surface area contributed by atoms with Crippen molar-refractivity contribution in [2.45, 2.75) is 26.3 Å². The fourth-order valence-electron chi connectivity index (χ4n) is 2.68. The summed E-state index contributed by atoms with van der Waals surface area (Å²) < 4.78 is 26.7. The standard InChI is InChI=1S/C20H23F2N3O2/c1-3-14-6-4-5-7-18(14)25-20(27)12-24-19(26)11-23-13(2)16-9-8-15(21)10-17(16)22/h4-10,13,23H,3,11-12H2,1-2H3,(H,24,26)(H,25,27)/p+1/t13-/m1/s1. The minimum Gasteiger partial charge on any atom is -0.342 e. The Hall–Kier alpha value is -2.80. The molecule has 0 aliphatic heterocycles. The van der Waals surface area contributed by atoms with E-state index in [1.165, 1.54) is 12.1 Å². The third kappa shape index (κ3) is 6.14. The number of anilines is 1. The summed E-state index contributed by atoms with van der Waals surface area (Å²) in [5.41, 5.74) is 2.06. The van der Waals surface area contributed by atoms with Crippen LogP contribution in [0.2, 0.25) is 0 Å². The number of nitrogens with one attached hydrogen (secondary N) is 2. The first-order valence-corrected chi connectivity index (χ1v) is 8.83. The lowest BCUT2D eigenvalue weighted by Crippen LogP contribution is -2.87. The van der Waals surface area contributed by atoms with Crippen LogP contribution >= 0.6 is 0 Å². The van der Waals surface area contributed by atoms with Crippen LogP contribution in [0.3, 0.4) is 0 Å². The van der Waals surface area contributed by atoms with Crippen molar-refractivity contribution in [3.63, 3.8) is 0 Å². The van der Waals surface area contributed by atoms with Gasteiger partial charge in [0.05, 0.1) is 6.54 Å². The maximum Gasteiger partial charge on any atom is 0.275 e. The number of carbonyl (C=O) groups excluding carboxylic acids is 2. The number of rotatable bonds is 8. The minimum atomic E-state index is -0.645. The van der Waals surface area contributed by atoms with Gasteiger partial charge in [-0.15, -0.1) is 0 Å². The number of aryl methyl sites for hydroxylation is 1. The first-order chi connectivity index (χ1) is 12.9. The van der Waals surface area contributed by atoms with Gasteiger partial charge in [0.1, 0.15) is 17.7 Å². The number of hydrogen-bond acceptors (Lipinski definition) is 2. The van der Waals surface area contributed by atoms with Gasteiger partial charge in [-0.3, -0.25) is 9.59 Å². The quantitative estimate of drug-likeness (QED) is 0.658. The fourth-order valence-corrected chi connectivity index (χ4v) is 2.68. The molecule has 2 aromatic rings. The zero-order valence-corrected chi connectivity index (χ0v) is 15.4. The zero-order valence-electron chi connectivity index (χ0n) is 15.4. The molecule has 2 rings (SSSR count). The van der Waals surface area contributed by atoms with Crippen molar-refractivity contribution < 1.29 is 23.7 Å². The lowest BCUT2D eigenvalue weighted by Gasteiger charge is -2.12. The summed E-state index contributed by atoms with van der Waals surface area (Å²) in [6.07, 6.45) is 0.787. The van der Waals surface area contributed by atoms with Crippen LogP contribution in [0.25, 0.3) is 0 Å². The van der Waals surface area contributed by atoms with E-state index in [2.05, 4.69) is 10.6 Å². The Morgan fingerprint density at radius 2 is 1.85 bits per heavy atom. The van der Waals surface area contributed by atoms with Gasteiger partial charge in [0.15, 0.2) is 6.54 Å². The second-order valence-electron chi connectivity index (χ2n) is 6.23. The molecule has 0 saturated carbocycles. The summed E-state index contributed by atoms with van der Waals surface area (Å²) in [6.45, 7) is 3.59. The highest BCUT2D eigenvalue weighted by Crippen LogP contribution is 2.15. The van der Waals surface area contributed by atoms with Crippen LogP contribution in [0.4, 0.5) is 14.5 Å². The number of amides is 2. The summed E-state index contributed by atoms with van der Waals surface area (Å²) >= 11 is 0. The first kappa shape index (κ1) is 20.5. The highest BCUT2D eigenvalue weighted by molar-refractivity contribution is 5.95. The first-order valence-electron chi connectivity index (χ1n) is 8.83. The van der Waals surface area contributed by atoms with Gasteiger partial charge in [0.25, 0.3) is 5.91 Å². The average Bonchev–Trinajstić information content (AvgIpc) is 2.65. The summed E-state index contributed by atoms with van der Waals surface area (Å²) in [5.74, 6) is -1.95. The lowest BCUT2D eigenvalue weighted by molar-refractivity contribution is -0.682. The van der Waals surface area contributed by atoms with E-state index in [-0.39, 0.29) is 30.9 Å². The molecule has 0 heterocycles. The van der Waals surface area contributed by atoms with Crippen LogP contribution in [0.1, 0.15) is 31.0 Å². The number of carbonyl (C=O) groups is 2. The zero-order chi connectivity index (χ0) is 19.8. The molecule has 7 heteroatoms. The monoisotopic (exact) mass is 376 g/mol. The maximum absolute atomic E-state index is 13.7. The highest BCUT2D eigenvalue weighted by atomic mass is 19.1. The highest BCUT2D eigenvalue weighted by Gasteiger charge is 2.16. The Bertz CT molecular complexity index is 812. The summed E-state index contributed by atoms with van der Waals surface area (Å²) in [7, 11) is 0. The van der Waals surface area contributed by atoms with E-state index in [9.17, 15) is 18.4 Å². The number of halogens is 2. The number of nitrogens with two attached hydrogens (primary N) is 1. The third-order valence-corrected chi connectivity index (χ3v) is 4.23. The van der Waals surface area contributed by atoms with Crippen molar-refractivity contribution in [1.29, 1.82) is 0 Å². The van der Waals surface area contributed by atoms with E-state index in [1.54, 1.807) is 12.2 Å². The van der Waals surface area contributed by atoms with Crippen molar-refractivity contribution in [2.75, 3.05) is 18.4 Å². The van der Waals surface area contributed by atoms with Gasteiger partial charge in [0.2, 0.25) is 5.91 Å². The molecular formula is C20H24F2N3O2+. The molecule has 0 fully saturated rings. The molecule has 0 aromatic heterocycles. The molecule has 0 radical (unpaired) electrons. The molecule has 0 saturated heterocycles. The van der Waals surface area contributed by atoms with Crippen LogP contribution < -0.4 is 16.0 Å². The molecule has 27 heavy (non-hydrogen) atoms. The smallest absolute Gasteiger partial charge is 0.275 e. The molecule has 0 aliphatic rings. The molecule has 2 aromatic carbocycles. The molecule has 0 bridgehead atoms. The normalized spacial score (nSPS) is 11.7. The van der Waals surface area contributed by atoms with Gasteiger partial charge in [-0.25, -0.2) is 8.78 Å². The molecule has 5 nitrogen and oxygen atoms in total. The predicted octanol–water partition coefficient (Wildman–Crippen LogP) is 1.91. The molecule has 4 N–H and O–H groups in total. The number of hydrogen-bond donors (Lipinski definition) is 3. The largest absolute Gasteiger partial charge is 0.342 e. The van der Waals surface area contributed by atoms with Crippen molar-refractivity contribution in [2.24, 2.45) is 0 Å². The number of quaternary nitrogens is 1. The molecule has 1 atom stereocenters. The van der Waals surface area contributed by atoms with Gasteiger partial charge in [0, 0.05) is 17.3 Å². The molecular weight excluding hydrogens is 352 g/mol. The lowest BCUT2D eigenvalue weighted by atomic mass is 10.1. The second-order valence-corrected chi connectivity index (χ2v) is 6.23.